The lowest BCUT2D eigenvalue weighted by molar-refractivity contribution is -0.134. The summed E-state index contributed by atoms with van der Waals surface area (Å²) in [5, 5.41) is 3.22. The lowest BCUT2D eigenvalue weighted by atomic mass is 9.91. The summed E-state index contributed by atoms with van der Waals surface area (Å²) in [6.07, 6.45) is 6.91. The number of carbonyl (C=O) groups excluding carboxylic acids is 2. The van der Waals surface area contributed by atoms with Crippen molar-refractivity contribution in [3.05, 3.63) is 71.9 Å². The average Bonchev–Trinajstić information content (AvgIpc) is 3.48. The zero-order chi connectivity index (χ0) is 23.0. The zero-order valence-electron chi connectivity index (χ0n) is 18.7. The fourth-order valence-electron chi connectivity index (χ4n) is 5.02. The number of hydrogen-bond acceptors (Lipinski definition) is 3. The van der Waals surface area contributed by atoms with Gasteiger partial charge in [-0.1, -0.05) is 31.4 Å². The first kappa shape index (κ1) is 21.5. The van der Waals surface area contributed by atoms with Gasteiger partial charge in [0, 0.05) is 12.6 Å². The van der Waals surface area contributed by atoms with E-state index in [1.165, 1.54) is 18.6 Å². The number of hydrogen-bond donors (Lipinski definition) is 1. The Balaban J connectivity index is 1.52. The molecule has 2 aliphatic rings. The second kappa shape index (κ2) is 8.54. The predicted octanol–water partition coefficient (Wildman–Crippen LogP) is 4.75. The quantitative estimate of drug-likeness (QED) is 0.611. The van der Waals surface area contributed by atoms with Gasteiger partial charge in [0.15, 0.2) is 0 Å². The number of fused-ring (bicyclic) bond motifs is 1. The molecule has 1 atom stereocenters. The Labute approximate surface area is 192 Å². The first-order valence-electron chi connectivity index (χ1n) is 11.6. The van der Waals surface area contributed by atoms with E-state index in [4.69, 9.17) is 4.42 Å². The molecular weight excluding hydrogens is 421 g/mol. The van der Waals surface area contributed by atoms with Gasteiger partial charge < -0.3 is 19.2 Å². The molecule has 3 heterocycles. The minimum atomic E-state index is -1.11. The molecule has 1 aromatic carbocycles. The molecule has 0 spiro atoms. The fourth-order valence-corrected chi connectivity index (χ4v) is 5.02. The van der Waals surface area contributed by atoms with Crippen LogP contribution >= 0.6 is 0 Å². The lowest BCUT2D eigenvalue weighted by Crippen LogP contribution is -2.64. The molecule has 2 aromatic heterocycles. The van der Waals surface area contributed by atoms with Crippen LogP contribution in [0.15, 0.2) is 59.2 Å². The van der Waals surface area contributed by atoms with E-state index >= 15 is 0 Å². The average molecular weight is 450 g/mol. The highest BCUT2D eigenvalue weighted by Crippen LogP contribution is 2.34. The molecule has 1 aliphatic heterocycles. The minimum Gasteiger partial charge on any atom is -0.463 e. The van der Waals surface area contributed by atoms with E-state index < -0.39 is 5.54 Å². The van der Waals surface area contributed by atoms with Crippen LogP contribution < -0.4 is 5.32 Å². The van der Waals surface area contributed by atoms with Crippen LogP contribution in [0.25, 0.3) is 11.5 Å². The van der Waals surface area contributed by atoms with Gasteiger partial charge in [0.2, 0.25) is 5.91 Å². The normalized spacial score (nSPS) is 21.2. The Morgan fingerprint density at radius 3 is 2.52 bits per heavy atom. The van der Waals surface area contributed by atoms with Crippen molar-refractivity contribution < 1.29 is 18.4 Å². The highest BCUT2D eigenvalue weighted by molar-refractivity contribution is 6.00. The van der Waals surface area contributed by atoms with Crippen LogP contribution in [0.3, 0.4) is 0 Å². The number of nitrogens with zero attached hydrogens (tertiary/aromatic N) is 2. The number of aromatic nitrogens is 1. The van der Waals surface area contributed by atoms with Crippen molar-refractivity contribution in [3.8, 4) is 11.5 Å². The summed E-state index contributed by atoms with van der Waals surface area (Å²) in [7, 11) is 0. The van der Waals surface area contributed by atoms with Crippen LogP contribution in [0.5, 0.6) is 0 Å². The van der Waals surface area contributed by atoms with Crippen molar-refractivity contribution in [2.24, 2.45) is 0 Å². The number of benzene rings is 1. The van der Waals surface area contributed by atoms with E-state index in [-0.39, 0.29) is 30.2 Å². The summed E-state index contributed by atoms with van der Waals surface area (Å²) in [5.74, 6) is -0.0751. The molecule has 1 fully saturated rings. The van der Waals surface area contributed by atoms with E-state index in [9.17, 15) is 14.0 Å². The maximum atomic E-state index is 13.7. The standard InChI is InChI=1S/C26H28FN3O3/c1-26(25(32)28-20-6-3-2-4-7-20)17-29-21(23-8-5-15-33-23)13-14-22(29)24(31)30(26)16-18-9-11-19(27)12-10-18/h5,8-15,20H,2-4,6-7,16-17H2,1H3,(H,28,32)/t26-/m0/s1. The molecule has 0 bridgehead atoms. The van der Waals surface area contributed by atoms with Crippen LogP contribution in [-0.2, 0) is 17.9 Å². The molecular formula is C26H28FN3O3. The van der Waals surface area contributed by atoms with E-state index in [0.29, 0.717) is 18.0 Å². The molecule has 0 unspecified atom stereocenters. The van der Waals surface area contributed by atoms with E-state index in [2.05, 4.69) is 5.32 Å². The molecule has 0 radical (unpaired) electrons. The Hall–Kier alpha value is -3.35. The van der Waals surface area contributed by atoms with Crippen LogP contribution in [0, 0.1) is 5.82 Å². The lowest BCUT2D eigenvalue weighted by Gasteiger charge is -2.45. The number of carbonyl (C=O) groups is 2. The van der Waals surface area contributed by atoms with Gasteiger partial charge in [0.1, 0.15) is 22.8 Å². The summed E-state index contributed by atoms with van der Waals surface area (Å²) in [4.78, 5) is 29.0. The summed E-state index contributed by atoms with van der Waals surface area (Å²) < 4.78 is 20.9. The van der Waals surface area contributed by atoms with Crippen molar-refractivity contribution in [1.29, 1.82) is 0 Å². The first-order valence-corrected chi connectivity index (χ1v) is 11.6. The highest BCUT2D eigenvalue weighted by atomic mass is 19.1. The molecule has 0 saturated heterocycles. The third kappa shape index (κ3) is 3.96. The molecule has 172 valence electrons. The van der Waals surface area contributed by atoms with Gasteiger partial charge in [-0.15, -0.1) is 0 Å². The Kier molecular flexibility index (Phi) is 5.56. The molecule has 3 aromatic rings. The van der Waals surface area contributed by atoms with Crippen molar-refractivity contribution >= 4 is 11.8 Å². The van der Waals surface area contributed by atoms with Gasteiger partial charge in [-0.3, -0.25) is 9.59 Å². The summed E-state index contributed by atoms with van der Waals surface area (Å²) >= 11 is 0. The van der Waals surface area contributed by atoms with Gasteiger partial charge in [0.05, 0.1) is 18.5 Å². The topological polar surface area (TPSA) is 67.5 Å². The Morgan fingerprint density at radius 1 is 1.09 bits per heavy atom. The number of furan rings is 1. The van der Waals surface area contributed by atoms with E-state index in [0.717, 1.165) is 36.9 Å². The summed E-state index contributed by atoms with van der Waals surface area (Å²) in [6, 6.07) is 13.5. The number of nitrogens with one attached hydrogen (secondary N) is 1. The fraction of sp³-hybridized carbons (Fsp3) is 0.385. The maximum Gasteiger partial charge on any atom is 0.271 e. The third-order valence-corrected chi connectivity index (χ3v) is 6.96. The molecule has 7 heteroatoms. The van der Waals surface area contributed by atoms with Crippen molar-refractivity contribution in [3.63, 3.8) is 0 Å². The van der Waals surface area contributed by atoms with Gasteiger partial charge >= 0.3 is 0 Å². The maximum absolute atomic E-state index is 13.7. The Morgan fingerprint density at radius 2 is 1.82 bits per heavy atom. The van der Waals surface area contributed by atoms with Crippen LogP contribution in [0.4, 0.5) is 4.39 Å². The molecule has 5 rings (SSSR count). The van der Waals surface area contributed by atoms with Gasteiger partial charge in [0.25, 0.3) is 5.91 Å². The van der Waals surface area contributed by atoms with Crippen LogP contribution in [0.1, 0.15) is 55.1 Å². The monoisotopic (exact) mass is 449 g/mol. The summed E-state index contributed by atoms with van der Waals surface area (Å²) in [6.45, 7) is 2.34. The second-order valence-corrected chi connectivity index (χ2v) is 9.27. The van der Waals surface area contributed by atoms with Crippen LogP contribution in [0.2, 0.25) is 0 Å². The third-order valence-electron chi connectivity index (χ3n) is 6.96. The van der Waals surface area contributed by atoms with Crippen molar-refractivity contribution in [1.82, 2.24) is 14.8 Å². The van der Waals surface area contributed by atoms with Gasteiger partial charge in [-0.05, 0) is 61.7 Å². The molecule has 33 heavy (non-hydrogen) atoms. The second-order valence-electron chi connectivity index (χ2n) is 9.27. The zero-order valence-corrected chi connectivity index (χ0v) is 18.7. The highest BCUT2D eigenvalue weighted by Gasteiger charge is 2.48. The van der Waals surface area contributed by atoms with Gasteiger partial charge in [-0.25, -0.2) is 4.39 Å². The first-order chi connectivity index (χ1) is 16.0. The molecule has 6 nitrogen and oxygen atoms in total. The smallest absolute Gasteiger partial charge is 0.271 e. The molecule has 2 amide bonds. The molecule has 1 saturated carbocycles. The number of rotatable bonds is 5. The summed E-state index contributed by atoms with van der Waals surface area (Å²) in [5.41, 5.74) is 0.927. The molecule has 1 N–H and O–H groups in total. The predicted molar refractivity (Wildman–Crippen MR) is 122 cm³/mol. The van der Waals surface area contributed by atoms with Crippen molar-refractivity contribution in [2.45, 2.75) is 63.7 Å². The van der Waals surface area contributed by atoms with Crippen molar-refractivity contribution in [2.75, 3.05) is 0 Å². The largest absolute Gasteiger partial charge is 0.463 e. The Bertz CT molecular complexity index is 1150. The van der Waals surface area contributed by atoms with Crippen LogP contribution in [-0.4, -0.2) is 32.9 Å². The minimum absolute atomic E-state index is 0.126. The number of halogens is 1. The SMILES string of the molecule is C[C@@]1(C(=O)NC2CCCCC2)Cn2c(ccc2-c2ccco2)C(=O)N1Cc1ccc(F)cc1. The molecule has 1 aliphatic carbocycles. The number of amides is 2. The van der Waals surface area contributed by atoms with E-state index in [1.807, 2.05) is 23.6 Å². The van der Waals surface area contributed by atoms with Gasteiger partial charge in [-0.2, -0.15) is 0 Å². The van der Waals surface area contributed by atoms with E-state index in [1.54, 1.807) is 35.4 Å².